The van der Waals surface area contributed by atoms with Gasteiger partial charge in [-0.2, -0.15) is 0 Å². The number of esters is 2. The van der Waals surface area contributed by atoms with Gasteiger partial charge in [0, 0.05) is 29.6 Å². The smallest absolute Gasteiger partial charge is 0.339 e. The maximum absolute atomic E-state index is 11.6. The van der Waals surface area contributed by atoms with Crippen molar-refractivity contribution in [2.75, 3.05) is 20.0 Å². The highest BCUT2D eigenvalue weighted by molar-refractivity contribution is 6.34. The van der Waals surface area contributed by atoms with Gasteiger partial charge >= 0.3 is 11.9 Å². The van der Waals surface area contributed by atoms with Crippen LogP contribution in [0.15, 0.2) is 73.1 Å². The second kappa shape index (κ2) is 12.6. The van der Waals surface area contributed by atoms with E-state index >= 15 is 0 Å². The molecule has 10 nitrogen and oxygen atoms in total. The van der Waals surface area contributed by atoms with Gasteiger partial charge in [0.2, 0.25) is 0 Å². The van der Waals surface area contributed by atoms with E-state index in [2.05, 4.69) is 19.4 Å². The Hall–Kier alpha value is -4.54. The van der Waals surface area contributed by atoms with E-state index in [1.54, 1.807) is 42.6 Å². The van der Waals surface area contributed by atoms with Crippen molar-refractivity contribution in [2.24, 2.45) is 0 Å². The second-order valence-corrected chi connectivity index (χ2v) is 8.26. The molecule has 0 fully saturated rings. The minimum Gasteiger partial charge on any atom is -0.465 e. The number of rotatable bonds is 5. The highest BCUT2D eigenvalue weighted by Gasteiger charge is 2.19. The third-order valence-electron chi connectivity index (χ3n) is 5.11. The van der Waals surface area contributed by atoms with Crippen molar-refractivity contribution in [1.82, 2.24) is 9.97 Å². The molecule has 2 aromatic heterocycles. The van der Waals surface area contributed by atoms with Crippen LogP contribution >= 0.6 is 23.2 Å². The van der Waals surface area contributed by atoms with Crippen molar-refractivity contribution in [2.45, 2.75) is 0 Å². The molecule has 0 atom stereocenters. The number of carbonyl (C=O) groups is 2. The molecule has 4 aromatic rings. The van der Waals surface area contributed by atoms with E-state index in [4.69, 9.17) is 28.9 Å². The van der Waals surface area contributed by atoms with E-state index in [1.807, 2.05) is 0 Å². The first-order valence-corrected chi connectivity index (χ1v) is 11.5. The van der Waals surface area contributed by atoms with Crippen molar-refractivity contribution >= 4 is 46.5 Å². The van der Waals surface area contributed by atoms with Crippen molar-refractivity contribution in [1.29, 1.82) is 0 Å². The number of pyridine rings is 2. The maximum Gasteiger partial charge on any atom is 0.339 e. The molecule has 0 saturated heterocycles. The summed E-state index contributed by atoms with van der Waals surface area (Å²) in [6.07, 6.45) is 3.08. The van der Waals surface area contributed by atoms with Gasteiger partial charge in [-0.1, -0.05) is 35.3 Å². The van der Waals surface area contributed by atoms with Gasteiger partial charge in [0.1, 0.15) is 5.69 Å². The molecule has 0 aliphatic carbocycles. The summed E-state index contributed by atoms with van der Waals surface area (Å²) < 4.78 is 9.27. The molecule has 0 bridgehead atoms. The van der Waals surface area contributed by atoms with Crippen LogP contribution in [-0.4, -0.2) is 41.0 Å². The van der Waals surface area contributed by atoms with Crippen molar-refractivity contribution < 1.29 is 24.0 Å². The van der Waals surface area contributed by atoms with Crippen LogP contribution in [0.1, 0.15) is 20.7 Å². The number of hydrogen-bond acceptors (Lipinski definition) is 9. The molecule has 0 radical (unpaired) electrons. The van der Waals surface area contributed by atoms with Crippen LogP contribution in [0.5, 0.6) is 0 Å². The van der Waals surface area contributed by atoms with Gasteiger partial charge in [-0.05, 0) is 42.5 Å². The third-order valence-corrected chi connectivity index (χ3v) is 5.77. The van der Waals surface area contributed by atoms with E-state index < -0.39 is 16.9 Å². The number of nitrogens with zero attached hydrogens (tertiary/aromatic N) is 3. The minimum atomic E-state index is -0.615. The number of halogens is 2. The largest absolute Gasteiger partial charge is 0.465 e. The lowest BCUT2D eigenvalue weighted by molar-refractivity contribution is -0.384. The lowest BCUT2D eigenvalue weighted by Crippen LogP contribution is -2.03. The molecule has 0 aliphatic heterocycles. The van der Waals surface area contributed by atoms with Crippen molar-refractivity contribution in [3.05, 3.63) is 104 Å². The summed E-state index contributed by atoms with van der Waals surface area (Å²) in [4.78, 5) is 41.7. The van der Waals surface area contributed by atoms with Crippen LogP contribution in [0.2, 0.25) is 10.0 Å². The van der Waals surface area contributed by atoms with Crippen LogP contribution < -0.4 is 5.73 Å². The summed E-state index contributed by atoms with van der Waals surface area (Å²) in [5.74, 6) is -1.10. The van der Waals surface area contributed by atoms with Gasteiger partial charge in [0.05, 0.1) is 51.7 Å². The molecule has 0 saturated carbocycles. The predicted octanol–water partition coefficient (Wildman–Crippen LogP) is 5.87. The SMILES string of the molecule is COC(=O)c1cc(-c2ncccc2N)ccc1Cl.COC(=O)c1cc(-c2ncccc2[N+](=O)[O-])ccc1Cl. The van der Waals surface area contributed by atoms with Crippen molar-refractivity contribution in [3.63, 3.8) is 0 Å². The molecular weight excluding hydrogens is 535 g/mol. The summed E-state index contributed by atoms with van der Waals surface area (Å²) >= 11 is 11.8. The van der Waals surface area contributed by atoms with Crippen LogP contribution in [0, 0.1) is 10.1 Å². The molecule has 0 aliphatic rings. The first-order valence-electron chi connectivity index (χ1n) is 10.7. The van der Waals surface area contributed by atoms with Gasteiger partial charge in [-0.15, -0.1) is 0 Å². The number of nitrogen functional groups attached to an aromatic ring is 1. The Balaban J connectivity index is 0.000000212. The zero-order valence-electron chi connectivity index (χ0n) is 20.1. The fourth-order valence-electron chi connectivity index (χ4n) is 3.30. The monoisotopic (exact) mass is 554 g/mol. The van der Waals surface area contributed by atoms with Gasteiger partial charge in [-0.25, -0.2) is 14.6 Å². The molecule has 12 heteroatoms. The van der Waals surface area contributed by atoms with Gasteiger partial charge in [0.15, 0.2) is 0 Å². The zero-order chi connectivity index (χ0) is 27.8. The third kappa shape index (κ3) is 6.41. The predicted molar refractivity (Wildman–Crippen MR) is 143 cm³/mol. The number of nitrogens with two attached hydrogens (primary N) is 1. The Morgan fingerprint density at radius 3 is 1.76 bits per heavy atom. The Morgan fingerprint density at radius 2 is 1.29 bits per heavy atom. The van der Waals surface area contributed by atoms with Crippen LogP contribution in [0.4, 0.5) is 11.4 Å². The molecule has 38 heavy (non-hydrogen) atoms. The number of aromatic nitrogens is 2. The van der Waals surface area contributed by atoms with E-state index in [1.165, 1.54) is 44.7 Å². The molecule has 2 heterocycles. The lowest BCUT2D eigenvalue weighted by atomic mass is 10.1. The quantitative estimate of drug-likeness (QED) is 0.181. The molecule has 2 N–H and O–H groups in total. The standard InChI is InChI=1S/C13H9ClN2O4.C13H11ClN2O2/c1-20-13(17)9-7-8(4-5-10(9)14)12-11(16(18)19)3-2-6-15-12;1-18-13(17)9-7-8(4-5-10(9)14)12-11(15)3-2-6-16-12/h2-7H,1H3;2-7H,15H2,1H3. The zero-order valence-corrected chi connectivity index (χ0v) is 21.6. The van der Waals surface area contributed by atoms with Gasteiger partial charge in [-0.3, -0.25) is 15.1 Å². The highest BCUT2D eigenvalue weighted by Crippen LogP contribution is 2.30. The molecule has 0 spiro atoms. The van der Waals surface area contributed by atoms with E-state index in [-0.39, 0.29) is 22.0 Å². The fraction of sp³-hybridized carbons (Fsp3) is 0.0769. The molecular formula is C26H20Cl2N4O6. The minimum absolute atomic E-state index is 0.131. The first kappa shape index (κ1) is 28.0. The highest BCUT2D eigenvalue weighted by atomic mass is 35.5. The Bertz CT molecular complexity index is 1510. The van der Waals surface area contributed by atoms with Crippen molar-refractivity contribution in [3.8, 4) is 22.5 Å². The van der Waals surface area contributed by atoms with Crippen LogP contribution in [0.25, 0.3) is 22.5 Å². The van der Waals surface area contributed by atoms with E-state index in [9.17, 15) is 19.7 Å². The van der Waals surface area contributed by atoms with E-state index in [0.29, 0.717) is 27.5 Å². The average Bonchev–Trinajstić information content (AvgIpc) is 2.93. The maximum atomic E-state index is 11.6. The topological polar surface area (TPSA) is 148 Å². The average molecular weight is 555 g/mol. The molecule has 0 unspecified atom stereocenters. The summed E-state index contributed by atoms with van der Waals surface area (Å²) in [6, 6.07) is 15.8. The Morgan fingerprint density at radius 1 is 0.816 bits per heavy atom. The van der Waals surface area contributed by atoms with E-state index in [0.717, 1.165) is 5.56 Å². The number of benzene rings is 2. The van der Waals surface area contributed by atoms with Gasteiger partial charge < -0.3 is 15.2 Å². The summed E-state index contributed by atoms with van der Waals surface area (Å²) in [5, 5.41) is 11.5. The first-order chi connectivity index (χ1) is 18.2. The number of methoxy groups -OCH3 is 2. The molecule has 0 amide bonds. The number of ether oxygens (including phenoxy) is 2. The normalized spacial score (nSPS) is 10.1. The molecule has 2 aromatic carbocycles. The van der Waals surface area contributed by atoms with Gasteiger partial charge in [0.25, 0.3) is 5.69 Å². The summed E-state index contributed by atoms with van der Waals surface area (Å²) in [5.41, 5.74) is 8.57. The lowest BCUT2D eigenvalue weighted by Gasteiger charge is -2.07. The Kier molecular flexibility index (Phi) is 9.31. The number of carbonyl (C=O) groups excluding carboxylic acids is 2. The second-order valence-electron chi connectivity index (χ2n) is 7.44. The van der Waals surface area contributed by atoms with Crippen LogP contribution in [-0.2, 0) is 9.47 Å². The summed E-state index contributed by atoms with van der Waals surface area (Å²) in [7, 11) is 2.54. The van der Waals surface area contributed by atoms with Crippen LogP contribution in [0.3, 0.4) is 0 Å². The number of nitro groups is 1. The Labute approximate surface area is 227 Å². The molecule has 4 rings (SSSR count). The summed E-state index contributed by atoms with van der Waals surface area (Å²) in [6.45, 7) is 0. The number of anilines is 1. The molecule has 194 valence electrons. The number of hydrogen-bond donors (Lipinski definition) is 1. The fourth-order valence-corrected chi connectivity index (χ4v) is 3.69.